The lowest BCUT2D eigenvalue weighted by atomic mass is 10.1. The van der Waals surface area contributed by atoms with Crippen LogP contribution in [0.2, 0.25) is 0 Å². The number of carbonyl (C=O) groups is 1. The maximum atomic E-state index is 12.0. The summed E-state index contributed by atoms with van der Waals surface area (Å²) >= 11 is 0. The minimum atomic E-state index is -0.102. The summed E-state index contributed by atoms with van der Waals surface area (Å²) in [6.45, 7) is 4.30. The van der Waals surface area contributed by atoms with Crippen molar-refractivity contribution in [2.45, 2.75) is 26.4 Å². The van der Waals surface area contributed by atoms with E-state index >= 15 is 0 Å². The van der Waals surface area contributed by atoms with E-state index in [-0.39, 0.29) is 12.0 Å². The highest BCUT2D eigenvalue weighted by Crippen LogP contribution is 2.25. The summed E-state index contributed by atoms with van der Waals surface area (Å²) in [7, 11) is 1.96. The van der Waals surface area contributed by atoms with Crippen LogP contribution in [-0.4, -0.2) is 33.2 Å². The molecule has 0 atom stereocenters. The van der Waals surface area contributed by atoms with Gasteiger partial charge in [0, 0.05) is 24.2 Å². The highest BCUT2D eigenvalue weighted by molar-refractivity contribution is 5.93. The third-order valence-corrected chi connectivity index (χ3v) is 3.88. The van der Waals surface area contributed by atoms with Gasteiger partial charge in [-0.15, -0.1) is 0 Å². The van der Waals surface area contributed by atoms with Gasteiger partial charge < -0.3 is 14.6 Å². The van der Waals surface area contributed by atoms with Crippen molar-refractivity contribution < 1.29 is 9.53 Å². The molecule has 130 valence electrons. The average molecular weight is 338 g/mol. The number of hydrogen-bond donors (Lipinski definition) is 1. The van der Waals surface area contributed by atoms with Crippen LogP contribution in [0.1, 0.15) is 20.3 Å². The van der Waals surface area contributed by atoms with Crippen LogP contribution < -0.4 is 5.32 Å². The number of anilines is 1. The molecule has 0 aliphatic rings. The molecule has 0 spiro atoms. The molecule has 2 aromatic heterocycles. The van der Waals surface area contributed by atoms with E-state index in [1.165, 1.54) is 0 Å². The molecule has 25 heavy (non-hydrogen) atoms. The summed E-state index contributed by atoms with van der Waals surface area (Å²) in [5.74, 6) is 0.444. The summed E-state index contributed by atoms with van der Waals surface area (Å²) in [5.41, 5.74) is 2.11. The molecule has 1 N–H and O–H groups in total. The van der Waals surface area contributed by atoms with Gasteiger partial charge in [-0.25, -0.2) is 9.97 Å². The summed E-state index contributed by atoms with van der Waals surface area (Å²) < 4.78 is 7.37. The molecule has 0 saturated carbocycles. The Labute approximate surface area is 146 Å². The summed E-state index contributed by atoms with van der Waals surface area (Å²) in [5, 5.41) is 4.86. The Bertz CT molecular complexity index is 886. The number of benzene rings is 1. The van der Waals surface area contributed by atoms with Crippen molar-refractivity contribution in [3.05, 3.63) is 43.0 Å². The summed E-state index contributed by atoms with van der Waals surface area (Å²) in [6, 6.07) is 8.03. The van der Waals surface area contributed by atoms with E-state index in [4.69, 9.17) is 4.74 Å². The van der Waals surface area contributed by atoms with Crippen LogP contribution >= 0.6 is 0 Å². The topological polar surface area (TPSA) is 69.0 Å². The highest BCUT2D eigenvalue weighted by atomic mass is 16.5. The molecule has 0 radical (unpaired) electrons. The first-order valence-electron chi connectivity index (χ1n) is 8.31. The smallest absolute Gasteiger partial charge is 0.227 e. The van der Waals surface area contributed by atoms with Crippen LogP contribution in [0.3, 0.4) is 0 Å². The Morgan fingerprint density at radius 3 is 2.80 bits per heavy atom. The van der Waals surface area contributed by atoms with Gasteiger partial charge in [-0.1, -0.05) is 12.1 Å². The lowest BCUT2D eigenvalue weighted by molar-refractivity contribution is -0.117. The van der Waals surface area contributed by atoms with Gasteiger partial charge in [0.1, 0.15) is 5.82 Å². The van der Waals surface area contributed by atoms with Crippen molar-refractivity contribution in [3.63, 3.8) is 0 Å². The zero-order valence-corrected chi connectivity index (χ0v) is 14.7. The van der Waals surface area contributed by atoms with Crippen LogP contribution in [0.15, 0.2) is 43.0 Å². The first kappa shape index (κ1) is 17.1. The standard InChI is InChI=1S/C19H22N4O2/c1-13(2)25-7-6-19(24)22-18-9-16-8-14(4-5-15(16)10-21-18)17-11-20-12-23(17)3/h4-5,8-13H,6-7H2,1-3H3,(H,21,22,24). The molecular formula is C19H22N4O2. The van der Waals surface area contributed by atoms with Crippen molar-refractivity contribution in [2.75, 3.05) is 11.9 Å². The maximum absolute atomic E-state index is 12.0. The molecule has 0 fully saturated rings. The Balaban J connectivity index is 1.77. The number of pyridine rings is 1. The lowest BCUT2D eigenvalue weighted by Crippen LogP contribution is -2.16. The second-order valence-electron chi connectivity index (χ2n) is 6.24. The van der Waals surface area contributed by atoms with Gasteiger partial charge in [0.2, 0.25) is 5.91 Å². The fourth-order valence-corrected chi connectivity index (χ4v) is 2.60. The number of fused-ring (bicyclic) bond motifs is 1. The van der Waals surface area contributed by atoms with Crippen molar-refractivity contribution in [1.82, 2.24) is 14.5 Å². The van der Waals surface area contributed by atoms with Gasteiger partial charge in [0.25, 0.3) is 0 Å². The summed E-state index contributed by atoms with van der Waals surface area (Å²) in [4.78, 5) is 20.5. The van der Waals surface area contributed by atoms with Crippen LogP contribution in [0.5, 0.6) is 0 Å². The Hall–Kier alpha value is -2.73. The second-order valence-corrected chi connectivity index (χ2v) is 6.24. The molecular weight excluding hydrogens is 316 g/mol. The number of nitrogens with zero attached hydrogens (tertiary/aromatic N) is 3. The van der Waals surface area contributed by atoms with E-state index in [2.05, 4.69) is 21.4 Å². The van der Waals surface area contributed by atoms with Gasteiger partial charge in [-0.05, 0) is 31.4 Å². The Morgan fingerprint density at radius 1 is 1.24 bits per heavy atom. The lowest BCUT2D eigenvalue weighted by Gasteiger charge is -2.09. The van der Waals surface area contributed by atoms with Crippen molar-refractivity contribution in [1.29, 1.82) is 0 Å². The number of carbonyl (C=O) groups excluding carboxylic acids is 1. The van der Waals surface area contributed by atoms with E-state index < -0.39 is 0 Å². The largest absolute Gasteiger partial charge is 0.378 e. The Kier molecular flexibility index (Phi) is 5.09. The van der Waals surface area contributed by atoms with E-state index in [0.29, 0.717) is 18.8 Å². The van der Waals surface area contributed by atoms with Gasteiger partial charge >= 0.3 is 0 Å². The number of rotatable bonds is 6. The molecule has 0 bridgehead atoms. The van der Waals surface area contributed by atoms with Crippen LogP contribution in [0.4, 0.5) is 5.82 Å². The van der Waals surface area contributed by atoms with Gasteiger partial charge in [-0.2, -0.15) is 0 Å². The van der Waals surface area contributed by atoms with E-state index in [0.717, 1.165) is 22.0 Å². The molecule has 1 amide bonds. The number of aromatic nitrogens is 3. The zero-order valence-electron chi connectivity index (χ0n) is 14.7. The monoisotopic (exact) mass is 338 g/mol. The molecule has 0 saturated heterocycles. The van der Waals surface area contributed by atoms with Crippen LogP contribution in [0.25, 0.3) is 22.0 Å². The Morgan fingerprint density at radius 2 is 2.08 bits per heavy atom. The molecule has 2 heterocycles. The molecule has 0 unspecified atom stereocenters. The van der Waals surface area contributed by atoms with Crippen molar-refractivity contribution >= 4 is 22.5 Å². The van der Waals surface area contributed by atoms with Crippen molar-refractivity contribution in [3.8, 4) is 11.3 Å². The maximum Gasteiger partial charge on any atom is 0.227 e. The predicted molar refractivity (Wildman–Crippen MR) is 98.3 cm³/mol. The minimum Gasteiger partial charge on any atom is -0.378 e. The number of hydrogen-bond acceptors (Lipinski definition) is 4. The molecule has 6 heteroatoms. The van der Waals surface area contributed by atoms with E-state index in [1.54, 1.807) is 12.5 Å². The number of imidazole rings is 1. The zero-order chi connectivity index (χ0) is 17.8. The predicted octanol–water partition coefficient (Wildman–Crippen LogP) is 3.39. The molecule has 6 nitrogen and oxygen atoms in total. The molecule has 1 aromatic carbocycles. The first-order valence-corrected chi connectivity index (χ1v) is 8.31. The van der Waals surface area contributed by atoms with E-state index in [9.17, 15) is 4.79 Å². The van der Waals surface area contributed by atoms with Crippen LogP contribution in [0, 0.1) is 0 Å². The minimum absolute atomic E-state index is 0.102. The van der Waals surface area contributed by atoms with Gasteiger partial charge in [0.05, 0.1) is 37.3 Å². The highest BCUT2D eigenvalue weighted by Gasteiger charge is 2.07. The third-order valence-electron chi connectivity index (χ3n) is 3.88. The van der Waals surface area contributed by atoms with E-state index in [1.807, 2.05) is 49.9 Å². The molecule has 0 aliphatic heterocycles. The second kappa shape index (κ2) is 7.44. The molecule has 0 aliphatic carbocycles. The summed E-state index contributed by atoms with van der Waals surface area (Å²) in [6.07, 6.45) is 5.81. The number of amides is 1. The fraction of sp³-hybridized carbons (Fsp3) is 0.316. The third kappa shape index (κ3) is 4.22. The van der Waals surface area contributed by atoms with Crippen LogP contribution in [-0.2, 0) is 16.6 Å². The number of aryl methyl sites for hydroxylation is 1. The first-order chi connectivity index (χ1) is 12.0. The van der Waals surface area contributed by atoms with Gasteiger partial charge in [-0.3, -0.25) is 4.79 Å². The normalized spacial score (nSPS) is 11.2. The molecule has 3 aromatic rings. The SMILES string of the molecule is CC(C)OCCC(=O)Nc1cc2cc(-c3cncn3C)ccc2cn1. The fourth-order valence-electron chi connectivity index (χ4n) is 2.60. The quantitative estimate of drug-likeness (QED) is 0.748. The number of ether oxygens (including phenoxy) is 1. The number of nitrogens with one attached hydrogen (secondary N) is 1. The molecule has 3 rings (SSSR count). The van der Waals surface area contributed by atoms with Crippen molar-refractivity contribution in [2.24, 2.45) is 7.05 Å². The average Bonchev–Trinajstić information content (AvgIpc) is 3.00. The van der Waals surface area contributed by atoms with Gasteiger partial charge in [0.15, 0.2) is 0 Å².